The average molecular weight is 414 g/mol. The Morgan fingerprint density at radius 1 is 1.26 bits per heavy atom. The van der Waals surface area contributed by atoms with Crippen molar-refractivity contribution in [2.24, 2.45) is 5.92 Å². The van der Waals surface area contributed by atoms with E-state index in [0.717, 1.165) is 37.8 Å². The molecule has 0 bridgehead atoms. The molecule has 1 aliphatic carbocycles. The van der Waals surface area contributed by atoms with E-state index < -0.39 is 6.04 Å². The fourth-order valence-electron chi connectivity index (χ4n) is 3.99. The predicted octanol–water partition coefficient (Wildman–Crippen LogP) is 3.32. The molecule has 2 fully saturated rings. The molecule has 0 spiro atoms. The Labute approximate surface area is 172 Å². The molecule has 7 heteroatoms. The summed E-state index contributed by atoms with van der Waals surface area (Å²) in [6, 6.07) is 7.07. The van der Waals surface area contributed by atoms with Crippen LogP contribution in [0.3, 0.4) is 0 Å². The number of hydrogen-bond donors (Lipinski definition) is 2. The van der Waals surface area contributed by atoms with Crippen molar-refractivity contribution in [1.29, 1.82) is 0 Å². The molecule has 150 valence electrons. The maximum absolute atomic E-state index is 13.0. The Morgan fingerprint density at radius 3 is 2.70 bits per heavy atom. The van der Waals surface area contributed by atoms with Gasteiger partial charge in [0, 0.05) is 30.6 Å². The lowest BCUT2D eigenvalue weighted by Gasteiger charge is -2.38. The maximum Gasteiger partial charge on any atom is 0.245 e. The number of hydrogen-bond acceptors (Lipinski definition) is 3. The number of carbonyl (C=O) groups is 2. The van der Waals surface area contributed by atoms with Gasteiger partial charge < -0.3 is 15.5 Å². The molecule has 2 aliphatic rings. The molecule has 0 radical (unpaired) electrons. The summed E-state index contributed by atoms with van der Waals surface area (Å²) in [5.41, 5.74) is 1.02. The average Bonchev–Trinajstić information content (AvgIpc) is 2.68. The molecule has 27 heavy (non-hydrogen) atoms. The van der Waals surface area contributed by atoms with E-state index in [-0.39, 0.29) is 36.2 Å². The van der Waals surface area contributed by atoms with E-state index in [2.05, 4.69) is 10.6 Å². The van der Waals surface area contributed by atoms with Gasteiger partial charge in [0.25, 0.3) is 0 Å². The Morgan fingerprint density at radius 2 is 2.00 bits per heavy atom. The Hall–Kier alpha value is -1.30. The van der Waals surface area contributed by atoms with Crippen molar-refractivity contribution in [2.75, 3.05) is 19.6 Å². The normalized spacial score (nSPS) is 21.9. The number of halogens is 2. The lowest BCUT2D eigenvalue weighted by Crippen LogP contribution is -2.55. The van der Waals surface area contributed by atoms with E-state index in [1.165, 1.54) is 6.42 Å². The van der Waals surface area contributed by atoms with E-state index in [9.17, 15) is 9.59 Å². The van der Waals surface area contributed by atoms with E-state index in [1.807, 2.05) is 29.2 Å². The largest absolute Gasteiger partial charge is 0.344 e. The van der Waals surface area contributed by atoms with Crippen LogP contribution in [0.15, 0.2) is 24.3 Å². The summed E-state index contributed by atoms with van der Waals surface area (Å²) in [6.45, 7) is 3.86. The summed E-state index contributed by atoms with van der Waals surface area (Å²) in [5.74, 6) is 0.0615. The maximum atomic E-state index is 13.0. The second kappa shape index (κ2) is 10.3. The van der Waals surface area contributed by atoms with Crippen molar-refractivity contribution >= 4 is 35.8 Å². The van der Waals surface area contributed by atoms with Crippen molar-refractivity contribution in [1.82, 2.24) is 15.5 Å². The fourth-order valence-corrected chi connectivity index (χ4v) is 4.18. The van der Waals surface area contributed by atoms with Gasteiger partial charge in [0.05, 0.1) is 6.04 Å². The zero-order valence-corrected chi connectivity index (χ0v) is 17.3. The molecule has 1 aromatic carbocycles. The first-order valence-electron chi connectivity index (χ1n) is 9.63. The van der Waals surface area contributed by atoms with Gasteiger partial charge >= 0.3 is 0 Å². The van der Waals surface area contributed by atoms with Gasteiger partial charge in [-0.2, -0.15) is 0 Å². The highest BCUT2D eigenvalue weighted by molar-refractivity contribution is 6.30. The van der Waals surface area contributed by atoms with Crippen LogP contribution < -0.4 is 10.6 Å². The van der Waals surface area contributed by atoms with E-state index in [1.54, 1.807) is 6.92 Å². The highest BCUT2D eigenvalue weighted by Crippen LogP contribution is 2.26. The Bertz CT molecular complexity index is 650. The number of carbonyl (C=O) groups excluding carboxylic acids is 2. The minimum absolute atomic E-state index is 0. The van der Waals surface area contributed by atoms with Crippen molar-refractivity contribution in [3.05, 3.63) is 34.9 Å². The van der Waals surface area contributed by atoms with E-state index >= 15 is 0 Å². The van der Waals surface area contributed by atoms with Gasteiger partial charge in [-0.15, -0.1) is 12.4 Å². The van der Waals surface area contributed by atoms with Crippen LogP contribution in [0.2, 0.25) is 5.02 Å². The number of nitrogens with one attached hydrogen (secondary N) is 2. The molecule has 2 amide bonds. The van der Waals surface area contributed by atoms with Crippen LogP contribution in [0.1, 0.15) is 50.6 Å². The fraction of sp³-hybridized carbons (Fsp3) is 0.600. The van der Waals surface area contributed by atoms with Crippen molar-refractivity contribution < 1.29 is 9.59 Å². The molecule has 1 saturated carbocycles. The number of amides is 2. The molecule has 1 unspecified atom stereocenters. The first-order chi connectivity index (χ1) is 12.6. The molecule has 1 saturated heterocycles. The molecule has 1 aliphatic heterocycles. The standard InChI is InChI=1S/C20H28ClN3O2.ClH/c1-14(23-19(25)15-6-3-2-4-7-15)20(26)24-11-10-22-13-18(24)16-8-5-9-17(21)12-16;/h5,8-9,12,14-15,18,22H,2-4,6-7,10-11,13H2,1H3,(H,23,25);1H/t14-,18?;/m0./s1. The first-order valence-corrected chi connectivity index (χ1v) is 10.0. The smallest absolute Gasteiger partial charge is 0.245 e. The molecule has 1 aromatic rings. The Balaban J connectivity index is 0.00000261. The molecule has 2 atom stereocenters. The zero-order chi connectivity index (χ0) is 18.5. The molecule has 2 N–H and O–H groups in total. The third-order valence-corrected chi connectivity index (χ3v) is 5.70. The van der Waals surface area contributed by atoms with Crippen LogP contribution in [0, 0.1) is 5.92 Å². The Kier molecular flexibility index (Phi) is 8.39. The van der Waals surface area contributed by atoms with Gasteiger partial charge in [-0.1, -0.05) is 43.0 Å². The molecule has 3 rings (SSSR count). The monoisotopic (exact) mass is 413 g/mol. The van der Waals surface area contributed by atoms with Crippen LogP contribution in [0.25, 0.3) is 0 Å². The lowest BCUT2D eigenvalue weighted by molar-refractivity contribution is -0.139. The van der Waals surface area contributed by atoms with Gasteiger partial charge in [-0.05, 0) is 37.5 Å². The summed E-state index contributed by atoms with van der Waals surface area (Å²) < 4.78 is 0. The van der Waals surface area contributed by atoms with E-state index in [0.29, 0.717) is 18.1 Å². The molecular weight excluding hydrogens is 385 g/mol. The van der Waals surface area contributed by atoms with Crippen LogP contribution in [-0.2, 0) is 9.59 Å². The number of rotatable bonds is 4. The summed E-state index contributed by atoms with van der Waals surface area (Å²) in [7, 11) is 0. The van der Waals surface area contributed by atoms with Gasteiger partial charge in [0.2, 0.25) is 11.8 Å². The molecule has 5 nitrogen and oxygen atoms in total. The highest BCUT2D eigenvalue weighted by Gasteiger charge is 2.32. The summed E-state index contributed by atoms with van der Waals surface area (Å²) in [6.07, 6.45) is 5.29. The lowest BCUT2D eigenvalue weighted by atomic mass is 9.88. The van der Waals surface area contributed by atoms with Crippen LogP contribution in [-0.4, -0.2) is 42.4 Å². The predicted molar refractivity (Wildman–Crippen MR) is 110 cm³/mol. The summed E-state index contributed by atoms with van der Waals surface area (Å²) in [5, 5.41) is 6.96. The van der Waals surface area contributed by atoms with Crippen LogP contribution in [0.5, 0.6) is 0 Å². The van der Waals surface area contributed by atoms with Gasteiger partial charge in [-0.25, -0.2) is 0 Å². The number of piperazine rings is 1. The van der Waals surface area contributed by atoms with Crippen molar-refractivity contribution in [2.45, 2.75) is 51.1 Å². The van der Waals surface area contributed by atoms with Gasteiger partial charge in [0.1, 0.15) is 6.04 Å². The third kappa shape index (κ3) is 5.59. The SMILES string of the molecule is C[C@H](NC(=O)C1CCCCC1)C(=O)N1CCNCC1c1cccc(Cl)c1.Cl. The summed E-state index contributed by atoms with van der Waals surface area (Å²) in [4.78, 5) is 27.4. The molecule has 1 heterocycles. The number of benzene rings is 1. The van der Waals surface area contributed by atoms with Crippen molar-refractivity contribution in [3.8, 4) is 0 Å². The van der Waals surface area contributed by atoms with E-state index in [4.69, 9.17) is 11.6 Å². The second-order valence-corrected chi connectivity index (χ2v) is 7.81. The van der Waals surface area contributed by atoms with Gasteiger partial charge in [-0.3, -0.25) is 9.59 Å². The van der Waals surface area contributed by atoms with Gasteiger partial charge in [0.15, 0.2) is 0 Å². The number of nitrogens with zero attached hydrogens (tertiary/aromatic N) is 1. The van der Waals surface area contributed by atoms with Crippen molar-refractivity contribution in [3.63, 3.8) is 0 Å². The molecule has 0 aromatic heterocycles. The first kappa shape index (κ1) is 22.0. The molecular formula is C20H29Cl2N3O2. The summed E-state index contributed by atoms with van der Waals surface area (Å²) >= 11 is 6.13. The van der Waals surface area contributed by atoms with Crippen LogP contribution in [0.4, 0.5) is 0 Å². The third-order valence-electron chi connectivity index (χ3n) is 5.47. The topological polar surface area (TPSA) is 61.4 Å². The van der Waals surface area contributed by atoms with Crippen LogP contribution >= 0.6 is 24.0 Å². The zero-order valence-electron chi connectivity index (χ0n) is 15.7. The quantitative estimate of drug-likeness (QED) is 0.795. The minimum Gasteiger partial charge on any atom is -0.344 e. The second-order valence-electron chi connectivity index (χ2n) is 7.37. The minimum atomic E-state index is -0.510. The highest BCUT2D eigenvalue weighted by atomic mass is 35.5.